The van der Waals surface area contributed by atoms with E-state index >= 15 is 4.39 Å². The molecule has 0 fully saturated rings. The summed E-state index contributed by atoms with van der Waals surface area (Å²) in [6, 6.07) is 19.4. The van der Waals surface area contributed by atoms with E-state index in [2.05, 4.69) is 36.1 Å². The fraction of sp³-hybridized carbons (Fsp3) is 0.242. The Morgan fingerprint density at radius 2 is 1.59 bits per heavy atom. The lowest BCUT2D eigenvalue weighted by Gasteiger charge is -2.28. The van der Waals surface area contributed by atoms with Crippen molar-refractivity contribution in [3.8, 4) is 17.2 Å². The van der Waals surface area contributed by atoms with Crippen molar-refractivity contribution in [3.63, 3.8) is 0 Å². The van der Waals surface area contributed by atoms with Gasteiger partial charge in [-0.3, -0.25) is 9.78 Å². The second-order valence-corrected chi connectivity index (χ2v) is 11.5. The Labute approximate surface area is 277 Å². The molecule has 2 N–H and O–H groups in total. The van der Waals surface area contributed by atoms with Gasteiger partial charge in [-0.05, 0) is 75.9 Å². The van der Waals surface area contributed by atoms with E-state index in [-0.39, 0.29) is 29.9 Å². The van der Waals surface area contributed by atoms with Crippen LogP contribution in [0.3, 0.4) is 0 Å². The fourth-order valence-electron chi connectivity index (χ4n) is 5.02. The molecule has 0 aliphatic carbocycles. The molecule has 0 amide bonds. The lowest BCUT2D eigenvalue weighted by atomic mass is 10.1. The van der Waals surface area contributed by atoms with E-state index in [1.165, 1.54) is 0 Å². The quantitative estimate of drug-likeness (QED) is 0.0767. The first kappa shape index (κ1) is 33.1. The van der Waals surface area contributed by atoms with E-state index < -0.39 is 32.9 Å². The number of rotatable bonds is 13. The van der Waals surface area contributed by atoms with Crippen molar-refractivity contribution in [1.82, 2.24) is 20.3 Å². The van der Waals surface area contributed by atoms with Gasteiger partial charge in [-0.25, -0.2) is 18.7 Å². The Morgan fingerprint density at radius 3 is 2.17 bits per heavy atom. The van der Waals surface area contributed by atoms with Crippen molar-refractivity contribution in [1.29, 1.82) is 0 Å². The Kier molecular flexibility index (Phi) is 10.7. The average molecular weight is 715 g/mol. The molecule has 1 atom stereocenters. The Morgan fingerprint density at radius 1 is 0.978 bits per heavy atom. The second kappa shape index (κ2) is 14.9. The van der Waals surface area contributed by atoms with Gasteiger partial charge in [0.1, 0.15) is 34.8 Å². The molecule has 0 bridgehead atoms. The largest absolute Gasteiger partial charge is 0.497 e. The van der Waals surface area contributed by atoms with Gasteiger partial charge in [0.25, 0.3) is 5.56 Å². The highest BCUT2D eigenvalue weighted by molar-refractivity contribution is 9.10. The zero-order valence-corrected chi connectivity index (χ0v) is 27.6. The zero-order chi connectivity index (χ0) is 32.8. The summed E-state index contributed by atoms with van der Waals surface area (Å²) < 4.78 is 45.6. The first-order valence-corrected chi connectivity index (χ1v) is 15.4. The predicted octanol–water partition coefficient (Wildman–Crippen LogP) is 6.97. The lowest BCUT2D eigenvalue weighted by Crippen LogP contribution is -2.29. The topological polar surface area (TPSA) is 102 Å². The number of aromatic nitrogens is 3. The third-order valence-corrected chi connectivity index (χ3v) is 8.23. The van der Waals surface area contributed by atoms with Crippen LogP contribution in [-0.2, 0) is 13.1 Å². The molecule has 0 saturated carbocycles. The van der Waals surface area contributed by atoms with Crippen LogP contribution in [-0.4, -0.2) is 42.3 Å². The number of ether oxygens (including phenoxy) is 3. The smallest absolute Gasteiger partial charge is 0.263 e. The van der Waals surface area contributed by atoms with Crippen molar-refractivity contribution < 1.29 is 23.0 Å². The number of pyridine rings is 1. The maximum Gasteiger partial charge on any atom is 0.263 e. The molecule has 0 spiro atoms. The number of hydrogen-bond donors (Lipinski definition) is 2. The maximum absolute atomic E-state index is 15.0. The molecular weight excluding hydrogens is 684 g/mol. The molecule has 5 rings (SSSR count). The third kappa shape index (κ3) is 7.41. The normalized spacial score (nSPS) is 11.8. The first-order chi connectivity index (χ1) is 22.2. The van der Waals surface area contributed by atoms with E-state index in [1.807, 2.05) is 67.6 Å². The van der Waals surface area contributed by atoms with Crippen LogP contribution in [0.25, 0.3) is 10.9 Å². The Hall–Kier alpha value is -4.26. The van der Waals surface area contributed by atoms with Crippen LogP contribution < -0.4 is 30.0 Å². The molecule has 0 radical (unpaired) electrons. The standard InChI is InChI=1S/C33H31BrClF2N5O4/c1-19(38-15-16-46-30-25-29(27(36)26(34)28(30)37)40-33(35)41-32(25)43)24-5-4-14-39-31(24)42(17-20-6-10-22(44-2)11-7-20)18-21-8-12-23(45-3)13-9-21/h4-14,19,38H,15-18H2,1-3H3,(H,40,41,43)/t19-/m1/s1. The molecule has 2 heterocycles. The number of nitrogens with one attached hydrogen (secondary N) is 2. The number of anilines is 1. The molecule has 3 aromatic carbocycles. The molecular formula is C33H31BrClF2N5O4. The molecule has 9 nitrogen and oxygen atoms in total. The first-order valence-electron chi connectivity index (χ1n) is 14.3. The van der Waals surface area contributed by atoms with Crippen molar-refractivity contribution in [3.05, 3.63) is 115 Å². The van der Waals surface area contributed by atoms with Crippen molar-refractivity contribution >= 4 is 44.3 Å². The van der Waals surface area contributed by atoms with E-state index in [1.54, 1.807) is 20.4 Å². The highest BCUT2D eigenvalue weighted by Gasteiger charge is 2.24. The minimum absolute atomic E-state index is 0.0342. The highest BCUT2D eigenvalue weighted by Crippen LogP contribution is 2.35. The SMILES string of the molecule is COc1ccc(CN(Cc2ccc(OC)cc2)c2ncccc2[C@@H](C)NCCOc2c(F)c(Br)c(F)c3nc(Cl)[nH]c(=O)c23)cc1. The predicted molar refractivity (Wildman–Crippen MR) is 177 cm³/mol. The lowest BCUT2D eigenvalue weighted by molar-refractivity contribution is 0.295. The molecule has 0 aliphatic heterocycles. The number of nitrogens with zero attached hydrogens (tertiary/aromatic N) is 3. The summed E-state index contributed by atoms with van der Waals surface area (Å²) >= 11 is 8.68. The van der Waals surface area contributed by atoms with Crippen LogP contribution in [0.1, 0.15) is 29.7 Å². The molecule has 13 heteroatoms. The minimum atomic E-state index is -1.05. The van der Waals surface area contributed by atoms with Crippen LogP contribution in [0, 0.1) is 11.6 Å². The molecule has 240 valence electrons. The Balaban J connectivity index is 1.35. The van der Waals surface area contributed by atoms with Crippen LogP contribution in [0.4, 0.5) is 14.6 Å². The van der Waals surface area contributed by atoms with E-state index in [0.717, 1.165) is 34.0 Å². The number of halogens is 4. The summed E-state index contributed by atoms with van der Waals surface area (Å²) in [5.74, 6) is -0.184. The number of benzene rings is 3. The second-order valence-electron chi connectivity index (χ2n) is 10.3. The number of fused-ring (bicyclic) bond motifs is 1. The van der Waals surface area contributed by atoms with Gasteiger partial charge in [-0.1, -0.05) is 30.3 Å². The molecule has 0 saturated heterocycles. The van der Waals surface area contributed by atoms with Crippen molar-refractivity contribution in [2.75, 3.05) is 32.3 Å². The van der Waals surface area contributed by atoms with Crippen molar-refractivity contribution in [2.24, 2.45) is 0 Å². The van der Waals surface area contributed by atoms with Crippen LogP contribution >= 0.6 is 27.5 Å². The molecule has 2 aromatic heterocycles. The van der Waals surface area contributed by atoms with Crippen molar-refractivity contribution in [2.45, 2.75) is 26.1 Å². The monoisotopic (exact) mass is 713 g/mol. The van der Waals surface area contributed by atoms with E-state index in [9.17, 15) is 9.18 Å². The number of methoxy groups -OCH3 is 2. The fourth-order valence-corrected chi connectivity index (χ4v) is 5.56. The van der Waals surface area contributed by atoms with Gasteiger partial charge < -0.3 is 24.4 Å². The zero-order valence-electron chi connectivity index (χ0n) is 25.2. The number of H-pyrrole nitrogens is 1. The van der Waals surface area contributed by atoms with Crippen LogP contribution in [0.15, 0.2) is 76.1 Å². The summed E-state index contributed by atoms with van der Waals surface area (Å²) in [5.41, 5.74) is 1.87. The van der Waals surface area contributed by atoms with Gasteiger partial charge in [-0.2, -0.15) is 0 Å². The van der Waals surface area contributed by atoms with Gasteiger partial charge in [-0.15, -0.1) is 0 Å². The molecule has 0 aliphatic rings. The van der Waals surface area contributed by atoms with E-state index in [0.29, 0.717) is 13.1 Å². The maximum atomic E-state index is 15.0. The van der Waals surface area contributed by atoms with Crippen LogP contribution in [0.5, 0.6) is 17.2 Å². The number of aromatic amines is 1. The summed E-state index contributed by atoms with van der Waals surface area (Å²) in [4.78, 5) is 25.6. The minimum Gasteiger partial charge on any atom is -0.497 e. The Bertz CT molecular complexity index is 1830. The van der Waals surface area contributed by atoms with Gasteiger partial charge in [0.05, 0.1) is 18.7 Å². The number of hydrogen-bond acceptors (Lipinski definition) is 8. The summed E-state index contributed by atoms with van der Waals surface area (Å²) in [6.45, 7) is 3.37. The average Bonchev–Trinajstić information content (AvgIpc) is 3.07. The third-order valence-electron chi connectivity index (χ3n) is 7.36. The van der Waals surface area contributed by atoms with Gasteiger partial charge in [0, 0.05) is 37.4 Å². The van der Waals surface area contributed by atoms with E-state index in [4.69, 9.17) is 30.8 Å². The summed E-state index contributed by atoms with van der Waals surface area (Å²) in [5, 5.41) is 2.70. The van der Waals surface area contributed by atoms with Gasteiger partial charge in [0.2, 0.25) is 5.28 Å². The molecule has 46 heavy (non-hydrogen) atoms. The highest BCUT2D eigenvalue weighted by atomic mass is 79.9. The summed E-state index contributed by atoms with van der Waals surface area (Å²) in [7, 11) is 3.27. The molecule has 0 unspecified atom stereocenters. The van der Waals surface area contributed by atoms with Crippen LogP contribution in [0.2, 0.25) is 5.28 Å². The van der Waals surface area contributed by atoms with Gasteiger partial charge in [0.15, 0.2) is 17.4 Å². The summed E-state index contributed by atoms with van der Waals surface area (Å²) in [6.07, 6.45) is 1.75. The van der Waals surface area contributed by atoms with Gasteiger partial charge >= 0.3 is 0 Å². The molecule has 5 aromatic rings.